The van der Waals surface area contributed by atoms with Crippen LogP contribution in [0.4, 0.5) is 5.69 Å². The first-order valence-corrected chi connectivity index (χ1v) is 5.57. The number of anilines is 1. The number of carbonyl (C=O) groups is 1. The van der Waals surface area contributed by atoms with Crippen LogP contribution in [0.25, 0.3) is 0 Å². The quantitative estimate of drug-likeness (QED) is 0.680. The van der Waals surface area contributed by atoms with Crippen molar-refractivity contribution in [3.8, 4) is 0 Å². The van der Waals surface area contributed by atoms with E-state index in [9.17, 15) is 4.79 Å². The maximum atomic E-state index is 12.1. The molecule has 1 aromatic rings. The summed E-state index contributed by atoms with van der Waals surface area (Å²) in [6.45, 7) is 3.80. The lowest BCUT2D eigenvalue weighted by Crippen LogP contribution is -2.45. The molecule has 0 fully saturated rings. The van der Waals surface area contributed by atoms with Crippen molar-refractivity contribution in [3.05, 3.63) is 12.4 Å². The van der Waals surface area contributed by atoms with Gasteiger partial charge in [-0.25, -0.2) is 0 Å². The summed E-state index contributed by atoms with van der Waals surface area (Å²) < 4.78 is 0. The first-order valence-electron chi connectivity index (χ1n) is 5.17. The lowest BCUT2D eigenvalue weighted by Gasteiger charge is -2.28. The minimum Gasteiger partial charge on any atom is -0.392 e. The summed E-state index contributed by atoms with van der Waals surface area (Å²) in [6, 6.07) is 0. The third-order valence-electron chi connectivity index (χ3n) is 2.87. The molecular formula is C10H16N4OS. The summed E-state index contributed by atoms with van der Waals surface area (Å²) in [4.78, 5) is 12.4. The fourth-order valence-corrected chi connectivity index (χ4v) is 1.98. The van der Waals surface area contributed by atoms with Gasteiger partial charge >= 0.3 is 0 Å². The molecule has 0 atom stereocenters. The molecule has 1 rings (SSSR count). The molecule has 0 saturated heterocycles. The molecule has 1 amide bonds. The topological polar surface area (TPSA) is 83.8 Å². The third kappa shape index (κ3) is 2.21. The van der Waals surface area contributed by atoms with Gasteiger partial charge in [0, 0.05) is 6.20 Å². The van der Waals surface area contributed by atoms with Gasteiger partial charge in [-0.15, -0.1) is 0 Å². The van der Waals surface area contributed by atoms with Crippen LogP contribution in [-0.2, 0) is 4.79 Å². The normalized spacial score (nSPS) is 11.1. The predicted molar refractivity (Wildman–Crippen MR) is 67.0 cm³/mol. The molecule has 0 unspecified atom stereocenters. The first kappa shape index (κ1) is 12.6. The van der Waals surface area contributed by atoms with Crippen LogP contribution >= 0.6 is 12.2 Å². The highest BCUT2D eigenvalue weighted by atomic mass is 32.1. The highest BCUT2D eigenvalue weighted by Gasteiger charge is 2.38. The Balaban J connectivity index is 2.88. The molecule has 1 aromatic heterocycles. The van der Waals surface area contributed by atoms with Crippen LogP contribution in [0.2, 0.25) is 0 Å². The molecule has 6 heteroatoms. The van der Waals surface area contributed by atoms with Crippen molar-refractivity contribution in [1.82, 2.24) is 10.2 Å². The molecule has 0 aliphatic heterocycles. The summed E-state index contributed by atoms with van der Waals surface area (Å²) in [5.41, 5.74) is 5.52. The Morgan fingerprint density at radius 1 is 1.62 bits per heavy atom. The van der Waals surface area contributed by atoms with Crippen LogP contribution < -0.4 is 11.1 Å². The van der Waals surface area contributed by atoms with Gasteiger partial charge in [-0.05, 0) is 12.8 Å². The number of aromatic amines is 1. The Kier molecular flexibility index (Phi) is 4.00. The van der Waals surface area contributed by atoms with Crippen LogP contribution in [0, 0.1) is 5.41 Å². The molecule has 0 spiro atoms. The average molecular weight is 240 g/mol. The van der Waals surface area contributed by atoms with Crippen LogP contribution in [0.5, 0.6) is 0 Å². The number of nitrogens with one attached hydrogen (secondary N) is 2. The van der Waals surface area contributed by atoms with Crippen LogP contribution in [0.15, 0.2) is 12.4 Å². The number of aromatic nitrogens is 2. The molecule has 0 radical (unpaired) electrons. The lowest BCUT2D eigenvalue weighted by atomic mass is 9.81. The van der Waals surface area contributed by atoms with Crippen molar-refractivity contribution in [3.63, 3.8) is 0 Å². The first-order chi connectivity index (χ1) is 7.56. The van der Waals surface area contributed by atoms with Crippen molar-refractivity contribution in [2.45, 2.75) is 26.7 Å². The van der Waals surface area contributed by atoms with Crippen molar-refractivity contribution in [2.75, 3.05) is 5.32 Å². The zero-order chi connectivity index (χ0) is 12.2. The summed E-state index contributed by atoms with van der Waals surface area (Å²) >= 11 is 4.99. The number of carbonyl (C=O) groups excluding carboxylic acids is 1. The van der Waals surface area contributed by atoms with Crippen molar-refractivity contribution < 1.29 is 4.79 Å². The van der Waals surface area contributed by atoms with E-state index in [2.05, 4.69) is 15.5 Å². The van der Waals surface area contributed by atoms with E-state index in [0.29, 0.717) is 18.5 Å². The Morgan fingerprint density at radius 3 is 2.62 bits per heavy atom. The molecule has 5 nitrogen and oxygen atoms in total. The smallest absolute Gasteiger partial charge is 0.237 e. The lowest BCUT2D eigenvalue weighted by molar-refractivity contribution is -0.122. The fourth-order valence-electron chi connectivity index (χ4n) is 1.60. The van der Waals surface area contributed by atoms with Gasteiger partial charge in [0.2, 0.25) is 5.91 Å². The highest BCUT2D eigenvalue weighted by Crippen LogP contribution is 2.28. The standard InChI is InChI=1S/C10H16N4OS/c1-3-10(4-2,8(11)16)9(15)14-7-5-12-13-6-7/h5-6H,3-4H2,1-2H3,(H2,11,16)(H,12,13)(H,14,15). The Hall–Kier alpha value is -1.43. The third-order valence-corrected chi connectivity index (χ3v) is 3.26. The minimum absolute atomic E-state index is 0.175. The molecule has 1 heterocycles. The van der Waals surface area contributed by atoms with E-state index >= 15 is 0 Å². The van der Waals surface area contributed by atoms with E-state index < -0.39 is 5.41 Å². The Morgan fingerprint density at radius 2 is 2.25 bits per heavy atom. The van der Waals surface area contributed by atoms with E-state index in [1.54, 1.807) is 6.20 Å². The van der Waals surface area contributed by atoms with E-state index in [-0.39, 0.29) is 10.9 Å². The Bertz CT molecular complexity index is 370. The summed E-state index contributed by atoms with van der Waals surface area (Å²) in [7, 11) is 0. The Labute approximate surface area is 99.8 Å². The van der Waals surface area contributed by atoms with E-state index in [4.69, 9.17) is 18.0 Å². The highest BCUT2D eigenvalue weighted by molar-refractivity contribution is 7.80. The second-order valence-electron chi connectivity index (χ2n) is 3.59. The molecule has 0 bridgehead atoms. The second-order valence-corrected chi connectivity index (χ2v) is 4.03. The number of nitrogens with two attached hydrogens (primary N) is 1. The largest absolute Gasteiger partial charge is 0.392 e. The average Bonchev–Trinajstić information content (AvgIpc) is 2.72. The van der Waals surface area contributed by atoms with Crippen LogP contribution in [-0.4, -0.2) is 21.1 Å². The second kappa shape index (κ2) is 5.07. The van der Waals surface area contributed by atoms with Gasteiger partial charge in [0.25, 0.3) is 0 Å². The molecule has 0 aliphatic rings. The molecule has 0 aliphatic carbocycles. The van der Waals surface area contributed by atoms with Crippen LogP contribution in [0.3, 0.4) is 0 Å². The maximum absolute atomic E-state index is 12.1. The van der Waals surface area contributed by atoms with Crippen molar-refractivity contribution >= 4 is 28.8 Å². The summed E-state index contributed by atoms with van der Waals surface area (Å²) in [6.07, 6.45) is 4.31. The predicted octanol–water partition coefficient (Wildman–Crippen LogP) is 1.44. The number of hydrogen-bond donors (Lipinski definition) is 3. The van der Waals surface area contributed by atoms with Gasteiger partial charge in [0.15, 0.2) is 0 Å². The summed E-state index contributed by atoms with van der Waals surface area (Å²) in [5, 5.41) is 9.12. The zero-order valence-corrected chi connectivity index (χ0v) is 10.2. The van der Waals surface area contributed by atoms with Crippen LogP contribution in [0.1, 0.15) is 26.7 Å². The van der Waals surface area contributed by atoms with Crippen molar-refractivity contribution in [1.29, 1.82) is 0 Å². The molecule has 0 aromatic carbocycles. The molecule has 4 N–H and O–H groups in total. The molecule has 16 heavy (non-hydrogen) atoms. The molecular weight excluding hydrogens is 224 g/mol. The number of H-pyrrole nitrogens is 1. The fraction of sp³-hybridized carbons (Fsp3) is 0.500. The van der Waals surface area contributed by atoms with E-state index in [1.807, 2.05) is 13.8 Å². The minimum atomic E-state index is -0.771. The van der Waals surface area contributed by atoms with Crippen molar-refractivity contribution in [2.24, 2.45) is 11.1 Å². The van der Waals surface area contributed by atoms with E-state index in [1.165, 1.54) is 6.20 Å². The number of rotatable bonds is 5. The van der Waals surface area contributed by atoms with Gasteiger partial charge in [0.1, 0.15) is 0 Å². The number of amides is 1. The van der Waals surface area contributed by atoms with Gasteiger partial charge in [-0.3, -0.25) is 9.89 Å². The van der Waals surface area contributed by atoms with Gasteiger partial charge < -0.3 is 11.1 Å². The summed E-state index contributed by atoms with van der Waals surface area (Å²) in [5.74, 6) is -0.175. The number of nitrogens with zero attached hydrogens (tertiary/aromatic N) is 1. The van der Waals surface area contributed by atoms with Gasteiger partial charge in [-0.2, -0.15) is 5.10 Å². The van der Waals surface area contributed by atoms with E-state index in [0.717, 1.165) is 0 Å². The van der Waals surface area contributed by atoms with Gasteiger partial charge in [-0.1, -0.05) is 26.1 Å². The van der Waals surface area contributed by atoms with Gasteiger partial charge in [0.05, 0.1) is 22.3 Å². The SMILES string of the molecule is CCC(CC)(C(=O)Nc1cn[nH]c1)C(N)=S. The maximum Gasteiger partial charge on any atom is 0.237 e. The zero-order valence-electron chi connectivity index (χ0n) is 9.41. The number of hydrogen-bond acceptors (Lipinski definition) is 3. The molecule has 0 saturated carbocycles. The monoisotopic (exact) mass is 240 g/mol. The molecule has 88 valence electrons. The number of thiocarbonyl (C=S) groups is 1.